The lowest BCUT2D eigenvalue weighted by Gasteiger charge is -2.34. The van der Waals surface area contributed by atoms with Gasteiger partial charge in [-0.25, -0.2) is 0 Å². The Labute approximate surface area is 151 Å². The minimum Gasteiger partial charge on any atom is -0.447 e. The SMILES string of the molecule is CC1(C)CCC(NC(=O)c2cc3c(o2)C(=O)c2ccccc2C3=O)CC1. The standard InChI is InChI=1S/C21H21NO4/c1-21(2)9-7-12(8-10-21)22-20(25)16-11-15-17(23)13-5-3-4-6-14(13)18(24)19(15)26-16/h3-6,11-12H,7-10H2,1-2H3,(H,22,25). The molecule has 2 aromatic rings. The molecular weight excluding hydrogens is 330 g/mol. The van der Waals surface area contributed by atoms with Gasteiger partial charge in [0.05, 0.1) is 5.56 Å². The number of amides is 1. The maximum Gasteiger partial charge on any atom is 0.287 e. The highest BCUT2D eigenvalue weighted by molar-refractivity contribution is 6.27. The summed E-state index contributed by atoms with van der Waals surface area (Å²) in [5.41, 5.74) is 1.16. The van der Waals surface area contributed by atoms with Gasteiger partial charge in [-0.15, -0.1) is 0 Å². The van der Waals surface area contributed by atoms with Gasteiger partial charge in [-0.2, -0.15) is 0 Å². The van der Waals surface area contributed by atoms with Crippen LogP contribution in [0.1, 0.15) is 82.1 Å². The van der Waals surface area contributed by atoms with Crippen molar-refractivity contribution in [1.29, 1.82) is 0 Å². The van der Waals surface area contributed by atoms with Crippen LogP contribution in [0.2, 0.25) is 0 Å². The molecule has 1 heterocycles. The molecule has 0 saturated heterocycles. The van der Waals surface area contributed by atoms with Gasteiger partial charge >= 0.3 is 0 Å². The molecule has 4 rings (SSSR count). The van der Waals surface area contributed by atoms with Crippen LogP contribution in [0.15, 0.2) is 34.7 Å². The van der Waals surface area contributed by atoms with Crippen molar-refractivity contribution in [2.45, 2.75) is 45.6 Å². The molecule has 1 fully saturated rings. The van der Waals surface area contributed by atoms with Crippen LogP contribution in [-0.2, 0) is 0 Å². The van der Waals surface area contributed by atoms with Crippen LogP contribution >= 0.6 is 0 Å². The molecule has 1 amide bonds. The molecular formula is C21H21NO4. The van der Waals surface area contributed by atoms with E-state index in [1.807, 2.05) is 0 Å². The number of furan rings is 1. The zero-order valence-electron chi connectivity index (χ0n) is 14.9. The van der Waals surface area contributed by atoms with Gasteiger partial charge in [0.25, 0.3) is 5.91 Å². The highest BCUT2D eigenvalue weighted by atomic mass is 16.4. The summed E-state index contributed by atoms with van der Waals surface area (Å²) in [7, 11) is 0. The van der Waals surface area contributed by atoms with Crippen molar-refractivity contribution in [3.63, 3.8) is 0 Å². The third kappa shape index (κ3) is 2.77. The zero-order valence-corrected chi connectivity index (χ0v) is 14.9. The molecule has 5 nitrogen and oxygen atoms in total. The number of nitrogens with one attached hydrogen (secondary N) is 1. The van der Waals surface area contributed by atoms with Gasteiger partial charge in [0.2, 0.25) is 5.78 Å². The lowest BCUT2D eigenvalue weighted by molar-refractivity contribution is 0.0874. The summed E-state index contributed by atoms with van der Waals surface area (Å²) in [6.07, 6.45) is 3.95. The Morgan fingerprint density at radius 3 is 2.31 bits per heavy atom. The Balaban J connectivity index is 1.56. The van der Waals surface area contributed by atoms with Crippen LogP contribution < -0.4 is 5.32 Å². The quantitative estimate of drug-likeness (QED) is 0.763. The number of benzene rings is 1. The molecule has 1 aromatic carbocycles. The molecule has 0 radical (unpaired) electrons. The van der Waals surface area contributed by atoms with Crippen molar-refractivity contribution >= 4 is 17.5 Å². The Morgan fingerprint density at radius 1 is 1.04 bits per heavy atom. The zero-order chi connectivity index (χ0) is 18.5. The van der Waals surface area contributed by atoms with Crippen molar-refractivity contribution < 1.29 is 18.8 Å². The second kappa shape index (κ2) is 5.94. The Kier molecular flexibility index (Phi) is 3.83. The highest BCUT2D eigenvalue weighted by Crippen LogP contribution is 2.35. The fourth-order valence-electron chi connectivity index (χ4n) is 3.79. The van der Waals surface area contributed by atoms with E-state index in [0.29, 0.717) is 16.5 Å². The van der Waals surface area contributed by atoms with E-state index in [4.69, 9.17) is 4.42 Å². The monoisotopic (exact) mass is 351 g/mol. The largest absolute Gasteiger partial charge is 0.447 e. The minimum atomic E-state index is -0.367. The highest BCUT2D eigenvalue weighted by Gasteiger charge is 2.35. The molecule has 1 aromatic heterocycles. The molecule has 5 heteroatoms. The van der Waals surface area contributed by atoms with Crippen LogP contribution in [-0.4, -0.2) is 23.5 Å². The van der Waals surface area contributed by atoms with E-state index in [1.54, 1.807) is 24.3 Å². The summed E-state index contributed by atoms with van der Waals surface area (Å²) in [5.74, 6) is -1.02. The molecule has 0 aliphatic heterocycles. The average Bonchev–Trinajstić information content (AvgIpc) is 3.07. The smallest absolute Gasteiger partial charge is 0.287 e. The maximum absolute atomic E-state index is 12.6. The van der Waals surface area contributed by atoms with Crippen molar-refractivity contribution in [2.75, 3.05) is 0 Å². The van der Waals surface area contributed by atoms with Crippen LogP contribution in [0, 0.1) is 5.41 Å². The summed E-state index contributed by atoms with van der Waals surface area (Å²) in [5, 5.41) is 2.98. The number of rotatable bonds is 2. The first-order valence-electron chi connectivity index (χ1n) is 8.99. The molecule has 2 aliphatic rings. The molecule has 26 heavy (non-hydrogen) atoms. The first-order valence-corrected chi connectivity index (χ1v) is 8.99. The van der Waals surface area contributed by atoms with Crippen LogP contribution in [0.3, 0.4) is 0 Å². The first-order chi connectivity index (χ1) is 12.4. The fraction of sp³-hybridized carbons (Fsp3) is 0.381. The summed E-state index contributed by atoms with van der Waals surface area (Å²) in [6.45, 7) is 4.47. The molecule has 1 saturated carbocycles. The summed E-state index contributed by atoms with van der Waals surface area (Å²) >= 11 is 0. The minimum absolute atomic E-state index is 0.0225. The van der Waals surface area contributed by atoms with Gasteiger partial charge < -0.3 is 9.73 Å². The molecule has 0 bridgehead atoms. The molecule has 1 N–H and O–H groups in total. The van der Waals surface area contributed by atoms with E-state index in [-0.39, 0.29) is 40.6 Å². The van der Waals surface area contributed by atoms with Crippen LogP contribution in [0.25, 0.3) is 0 Å². The van der Waals surface area contributed by atoms with Crippen molar-refractivity contribution in [3.05, 3.63) is 58.5 Å². The molecule has 0 atom stereocenters. The first kappa shape index (κ1) is 16.8. The number of ketones is 2. The number of carbonyl (C=O) groups is 3. The van der Waals surface area contributed by atoms with Gasteiger partial charge in [-0.1, -0.05) is 38.1 Å². The number of hydrogen-bond donors (Lipinski definition) is 1. The predicted octanol–water partition coefficient (Wildman–Crippen LogP) is 3.75. The molecule has 0 spiro atoms. The number of hydrogen-bond acceptors (Lipinski definition) is 4. The summed E-state index contributed by atoms with van der Waals surface area (Å²) < 4.78 is 5.51. The fourth-order valence-corrected chi connectivity index (χ4v) is 3.79. The molecule has 0 unspecified atom stereocenters. The second-order valence-electron chi connectivity index (χ2n) is 7.97. The third-order valence-electron chi connectivity index (χ3n) is 5.50. The van der Waals surface area contributed by atoms with Crippen molar-refractivity contribution in [2.24, 2.45) is 5.41 Å². The Bertz CT molecular complexity index is 859. The third-order valence-corrected chi connectivity index (χ3v) is 5.50. The van der Waals surface area contributed by atoms with Crippen molar-refractivity contribution in [1.82, 2.24) is 5.32 Å². The van der Waals surface area contributed by atoms with Crippen molar-refractivity contribution in [3.8, 4) is 0 Å². The van der Waals surface area contributed by atoms with E-state index < -0.39 is 0 Å². The van der Waals surface area contributed by atoms with Gasteiger partial charge in [0.1, 0.15) is 0 Å². The predicted molar refractivity (Wildman–Crippen MR) is 95.5 cm³/mol. The van der Waals surface area contributed by atoms with Crippen LogP contribution in [0.4, 0.5) is 0 Å². The lowest BCUT2D eigenvalue weighted by Crippen LogP contribution is -2.39. The normalized spacial score (nSPS) is 19.0. The Morgan fingerprint density at radius 2 is 1.65 bits per heavy atom. The topological polar surface area (TPSA) is 76.4 Å². The maximum atomic E-state index is 12.6. The van der Waals surface area contributed by atoms with E-state index >= 15 is 0 Å². The second-order valence-corrected chi connectivity index (χ2v) is 7.97. The number of fused-ring (bicyclic) bond motifs is 2. The van der Waals surface area contributed by atoms with Gasteiger partial charge in [0.15, 0.2) is 17.3 Å². The Hall–Kier alpha value is -2.69. The number of carbonyl (C=O) groups excluding carboxylic acids is 3. The average molecular weight is 351 g/mol. The van der Waals surface area contributed by atoms with Gasteiger partial charge in [-0.05, 0) is 31.1 Å². The summed E-state index contributed by atoms with van der Waals surface area (Å²) in [4.78, 5) is 37.7. The van der Waals surface area contributed by atoms with E-state index in [0.717, 1.165) is 25.7 Å². The van der Waals surface area contributed by atoms with Gasteiger partial charge in [-0.3, -0.25) is 14.4 Å². The van der Waals surface area contributed by atoms with E-state index in [9.17, 15) is 14.4 Å². The lowest BCUT2D eigenvalue weighted by atomic mass is 9.75. The van der Waals surface area contributed by atoms with Crippen LogP contribution in [0.5, 0.6) is 0 Å². The summed E-state index contributed by atoms with van der Waals surface area (Å²) in [6, 6.07) is 8.14. The van der Waals surface area contributed by atoms with Gasteiger partial charge in [0, 0.05) is 23.2 Å². The van der Waals surface area contributed by atoms with E-state index in [2.05, 4.69) is 19.2 Å². The molecule has 2 aliphatic carbocycles. The molecule has 134 valence electrons. The van der Waals surface area contributed by atoms with E-state index in [1.165, 1.54) is 6.07 Å².